The topological polar surface area (TPSA) is 64.3 Å². The summed E-state index contributed by atoms with van der Waals surface area (Å²) in [5, 5.41) is 1.12. The average molecular weight is 280 g/mol. The van der Waals surface area contributed by atoms with Crippen LogP contribution in [0.25, 0.3) is 10.2 Å². The molecule has 0 aliphatic carbocycles. The first-order chi connectivity index (χ1) is 9.30. The van der Waals surface area contributed by atoms with Crippen molar-refractivity contribution in [3.8, 4) is 0 Å². The number of methoxy groups -OCH3 is 1. The van der Waals surface area contributed by atoms with Gasteiger partial charge >= 0.3 is 0 Å². The Labute approximate surface area is 117 Å². The molecule has 0 spiro atoms. The largest absolute Gasteiger partial charge is 0.383 e. The van der Waals surface area contributed by atoms with Crippen molar-refractivity contribution in [1.82, 2.24) is 9.97 Å². The Morgan fingerprint density at radius 1 is 1.37 bits per heavy atom. The third-order valence-corrected chi connectivity index (χ3v) is 4.16. The van der Waals surface area contributed by atoms with E-state index in [-0.39, 0.29) is 0 Å². The van der Waals surface area contributed by atoms with Crippen LogP contribution in [0.2, 0.25) is 0 Å². The van der Waals surface area contributed by atoms with E-state index in [1.807, 2.05) is 0 Å². The van der Waals surface area contributed by atoms with Crippen LogP contribution in [0, 0.1) is 0 Å². The number of nitrogens with zero attached hydrogens (tertiary/aromatic N) is 3. The summed E-state index contributed by atoms with van der Waals surface area (Å²) in [5.41, 5.74) is 5.69. The Kier molecular flexibility index (Phi) is 5.07. The van der Waals surface area contributed by atoms with Gasteiger partial charge in [-0.05, 0) is 12.5 Å². The molecule has 0 aromatic carbocycles. The summed E-state index contributed by atoms with van der Waals surface area (Å²) in [7, 11) is 1.70. The van der Waals surface area contributed by atoms with Crippen molar-refractivity contribution >= 4 is 27.4 Å². The molecule has 0 unspecified atom stereocenters. The molecule has 0 amide bonds. The fraction of sp³-hybridized carbons (Fsp3) is 0.538. The monoisotopic (exact) mass is 280 g/mol. The van der Waals surface area contributed by atoms with Crippen LogP contribution in [0.5, 0.6) is 0 Å². The second-order valence-corrected chi connectivity index (χ2v) is 5.37. The third kappa shape index (κ3) is 3.20. The highest BCUT2D eigenvalue weighted by Crippen LogP contribution is 2.30. The van der Waals surface area contributed by atoms with Crippen LogP contribution < -0.4 is 10.6 Å². The molecule has 0 bridgehead atoms. The van der Waals surface area contributed by atoms with Gasteiger partial charge in [-0.25, -0.2) is 9.97 Å². The summed E-state index contributed by atoms with van der Waals surface area (Å²) >= 11 is 1.73. The Bertz CT molecular complexity index is 528. The molecule has 19 heavy (non-hydrogen) atoms. The van der Waals surface area contributed by atoms with Gasteiger partial charge in [0.25, 0.3) is 0 Å². The number of aryl methyl sites for hydroxylation is 1. The summed E-state index contributed by atoms with van der Waals surface area (Å²) in [5.74, 6) is 0.962. The normalized spacial score (nSPS) is 11.1. The molecule has 5 nitrogen and oxygen atoms in total. The van der Waals surface area contributed by atoms with Crippen molar-refractivity contribution in [3.05, 3.63) is 17.3 Å². The number of fused-ring (bicyclic) bond motifs is 1. The highest BCUT2D eigenvalue weighted by Gasteiger charge is 2.13. The molecule has 0 saturated carbocycles. The van der Waals surface area contributed by atoms with Crippen molar-refractivity contribution in [2.75, 3.05) is 38.3 Å². The van der Waals surface area contributed by atoms with Crippen LogP contribution in [0.1, 0.15) is 11.8 Å². The molecule has 2 heterocycles. The number of rotatable bonds is 7. The SMILES string of the molecule is CCc1cc2c(N(CCN)CCOC)ncnc2s1. The quantitative estimate of drug-likeness (QED) is 0.835. The first-order valence-electron chi connectivity index (χ1n) is 6.47. The number of ether oxygens (including phenoxy) is 1. The first kappa shape index (κ1) is 14.2. The van der Waals surface area contributed by atoms with Gasteiger partial charge in [-0.1, -0.05) is 6.92 Å². The minimum Gasteiger partial charge on any atom is -0.383 e. The lowest BCUT2D eigenvalue weighted by Crippen LogP contribution is -2.33. The lowest BCUT2D eigenvalue weighted by Gasteiger charge is -2.23. The van der Waals surface area contributed by atoms with Gasteiger partial charge in [0.05, 0.1) is 12.0 Å². The maximum Gasteiger partial charge on any atom is 0.140 e. The Hall–Kier alpha value is -1.24. The van der Waals surface area contributed by atoms with Gasteiger partial charge in [-0.15, -0.1) is 11.3 Å². The molecule has 0 saturated heterocycles. The second-order valence-electron chi connectivity index (χ2n) is 4.25. The van der Waals surface area contributed by atoms with Gasteiger partial charge in [0.1, 0.15) is 17.0 Å². The van der Waals surface area contributed by atoms with Crippen molar-refractivity contribution in [2.45, 2.75) is 13.3 Å². The maximum absolute atomic E-state index is 5.69. The summed E-state index contributed by atoms with van der Waals surface area (Å²) in [6, 6.07) is 2.19. The van der Waals surface area contributed by atoms with Crippen molar-refractivity contribution in [1.29, 1.82) is 0 Å². The van der Waals surface area contributed by atoms with E-state index in [1.165, 1.54) is 4.88 Å². The van der Waals surface area contributed by atoms with Gasteiger partial charge in [0, 0.05) is 31.6 Å². The standard InChI is InChI=1S/C13H20N4OS/c1-3-10-8-11-12(15-9-16-13(11)19-10)17(5-4-14)6-7-18-2/h8-9H,3-7,14H2,1-2H3. The molecule has 2 rings (SSSR count). The van der Waals surface area contributed by atoms with Crippen LogP contribution in [-0.4, -0.2) is 43.3 Å². The fourth-order valence-electron chi connectivity index (χ4n) is 2.00. The average Bonchev–Trinajstić information content (AvgIpc) is 2.86. The number of thiophene rings is 1. The minimum atomic E-state index is 0.597. The van der Waals surface area contributed by atoms with Gasteiger partial charge in [0.2, 0.25) is 0 Å². The Balaban J connectivity index is 2.37. The van der Waals surface area contributed by atoms with E-state index < -0.39 is 0 Å². The molecule has 0 atom stereocenters. The van der Waals surface area contributed by atoms with Crippen molar-refractivity contribution in [2.24, 2.45) is 5.73 Å². The van der Waals surface area contributed by atoms with E-state index in [1.54, 1.807) is 24.8 Å². The molecule has 104 valence electrons. The third-order valence-electron chi connectivity index (χ3n) is 2.97. The highest BCUT2D eigenvalue weighted by molar-refractivity contribution is 7.18. The van der Waals surface area contributed by atoms with Crippen LogP contribution >= 0.6 is 11.3 Å². The zero-order valence-electron chi connectivity index (χ0n) is 11.4. The molecule has 6 heteroatoms. The van der Waals surface area contributed by atoms with Crippen molar-refractivity contribution < 1.29 is 4.74 Å². The Morgan fingerprint density at radius 3 is 2.89 bits per heavy atom. The smallest absolute Gasteiger partial charge is 0.140 e. The lowest BCUT2D eigenvalue weighted by atomic mass is 10.3. The molecule has 2 N–H and O–H groups in total. The molecule has 2 aromatic rings. The molecule has 0 aliphatic rings. The van der Waals surface area contributed by atoms with Crippen LogP contribution in [0.4, 0.5) is 5.82 Å². The number of nitrogens with two attached hydrogens (primary N) is 1. The highest BCUT2D eigenvalue weighted by atomic mass is 32.1. The van der Waals surface area contributed by atoms with E-state index in [0.29, 0.717) is 13.2 Å². The summed E-state index contributed by atoms with van der Waals surface area (Å²) in [4.78, 5) is 13.3. The fourth-order valence-corrected chi connectivity index (χ4v) is 2.93. The molecule has 0 fully saturated rings. The maximum atomic E-state index is 5.69. The van der Waals surface area contributed by atoms with Gasteiger partial charge in [-0.3, -0.25) is 0 Å². The van der Waals surface area contributed by atoms with E-state index >= 15 is 0 Å². The number of hydrogen-bond acceptors (Lipinski definition) is 6. The molecule has 0 aliphatic heterocycles. The summed E-state index contributed by atoms with van der Waals surface area (Å²) in [6.45, 7) is 4.97. The van der Waals surface area contributed by atoms with Crippen LogP contribution in [-0.2, 0) is 11.2 Å². The van der Waals surface area contributed by atoms with Crippen LogP contribution in [0.3, 0.4) is 0 Å². The Morgan fingerprint density at radius 2 is 2.21 bits per heavy atom. The van der Waals surface area contributed by atoms with E-state index in [2.05, 4.69) is 27.9 Å². The summed E-state index contributed by atoms with van der Waals surface area (Å²) in [6.07, 6.45) is 2.65. The number of anilines is 1. The molecule has 2 aromatic heterocycles. The number of aromatic nitrogens is 2. The van der Waals surface area contributed by atoms with Gasteiger partial charge in [0.15, 0.2) is 0 Å². The predicted octanol–water partition coefficient (Wildman–Crippen LogP) is 1.67. The molecular formula is C13H20N4OS. The molecular weight excluding hydrogens is 260 g/mol. The lowest BCUT2D eigenvalue weighted by molar-refractivity contribution is 0.205. The van der Waals surface area contributed by atoms with E-state index in [4.69, 9.17) is 10.5 Å². The minimum absolute atomic E-state index is 0.597. The number of hydrogen-bond donors (Lipinski definition) is 1. The zero-order valence-corrected chi connectivity index (χ0v) is 12.2. The summed E-state index contributed by atoms with van der Waals surface area (Å²) < 4.78 is 5.16. The first-order valence-corrected chi connectivity index (χ1v) is 7.29. The van der Waals surface area contributed by atoms with Gasteiger partial charge < -0.3 is 15.4 Å². The van der Waals surface area contributed by atoms with Gasteiger partial charge in [-0.2, -0.15) is 0 Å². The van der Waals surface area contributed by atoms with Crippen molar-refractivity contribution in [3.63, 3.8) is 0 Å². The second kappa shape index (κ2) is 6.79. The molecule has 0 radical (unpaired) electrons. The predicted molar refractivity (Wildman–Crippen MR) is 79.9 cm³/mol. The van der Waals surface area contributed by atoms with Crippen LogP contribution in [0.15, 0.2) is 12.4 Å². The van der Waals surface area contributed by atoms with E-state index in [0.717, 1.165) is 35.5 Å². The zero-order chi connectivity index (χ0) is 13.7. The van der Waals surface area contributed by atoms with E-state index in [9.17, 15) is 0 Å².